The van der Waals surface area contributed by atoms with E-state index in [1.807, 2.05) is 19.1 Å². The van der Waals surface area contributed by atoms with Crippen LogP contribution in [0, 0.1) is 0 Å². The van der Waals surface area contributed by atoms with Gasteiger partial charge in [0, 0.05) is 18.5 Å². The minimum Gasteiger partial charge on any atom is -0.351 e. The van der Waals surface area contributed by atoms with E-state index in [1.165, 1.54) is 4.68 Å². The van der Waals surface area contributed by atoms with Crippen molar-refractivity contribution in [1.29, 1.82) is 0 Å². The minimum atomic E-state index is -0.220. The van der Waals surface area contributed by atoms with Gasteiger partial charge in [0.25, 0.3) is 11.5 Å². The van der Waals surface area contributed by atoms with Gasteiger partial charge in [0.2, 0.25) is 0 Å². The Morgan fingerprint density at radius 2 is 1.86 bits per heavy atom. The SMILES string of the molecule is CCCCCn1nc(C(=O)NCCC)c2ccccc2c1=O. The third-order valence-electron chi connectivity index (χ3n) is 3.59. The molecule has 0 unspecified atom stereocenters. The number of amides is 1. The molecule has 1 N–H and O–H groups in total. The molecule has 0 aliphatic rings. The summed E-state index contributed by atoms with van der Waals surface area (Å²) in [4.78, 5) is 24.8. The maximum absolute atomic E-state index is 12.5. The quantitative estimate of drug-likeness (QED) is 0.800. The fourth-order valence-electron chi connectivity index (χ4n) is 2.39. The Labute approximate surface area is 130 Å². The summed E-state index contributed by atoms with van der Waals surface area (Å²) in [5.74, 6) is -0.220. The Kier molecular flexibility index (Phi) is 5.69. The van der Waals surface area contributed by atoms with Crippen LogP contribution in [-0.2, 0) is 6.54 Å². The maximum Gasteiger partial charge on any atom is 0.274 e. The predicted molar refractivity (Wildman–Crippen MR) is 88.2 cm³/mol. The summed E-state index contributed by atoms with van der Waals surface area (Å²) in [7, 11) is 0. The third kappa shape index (κ3) is 3.53. The van der Waals surface area contributed by atoms with Crippen LogP contribution >= 0.6 is 0 Å². The molecule has 0 aliphatic carbocycles. The molecular formula is C17H23N3O2. The molecule has 0 saturated heterocycles. The second kappa shape index (κ2) is 7.73. The van der Waals surface area contributed by atoms with Gasteiger partial charge >= 0.3 is 0 Å². The average molecular weight is 301 g/mol. The molecule has 0 saturated carbocycles. The zero-order valence-corrected chi connectivity index (χ0v) is 13.3. The largest absolute Gasteiger partial charge is 0.351 e. The first-order valence-electron chi connectivity index (χ1n) is 7.97. The van der Waals surface area contributed by atoms with Crippen LogP contribution in [0.25, 0.3) is 10.8 Å². The lowest BCUT2D eigenvalue weighted by Gasteiger charge is -2.11. The first-order chi connectivity index (χ1) is 10.7. The molecule has 0 spiro atoms. The number of benzene rings is 1. The zero-order chi connectivity index (χ0) is 15.9. The van der Waals surface area contributed by atoms with Crippen molar-refractivity contribution < 1.29 is 4.79 Å². The van der Waals surface area contributed by atoms with Crippen molar-refractivity contribution in [1.82, 2.24) is 15.1 Å². The lowest BCUT2D eigenvalue weighted by molar-refractivity contribution is 0.0948. The van der Waals surface area contributed by atoms with E-state index in [1.54, 1.807) is 12.1 Å². The van der Waals surface area contributed by atoms with Crippen molar-refractivity contribution in [2.24, 2.45) is 0 Å². The Morgan fingerprint density at radius 3 is 2.55 bits per heavy atom. The first-order valence-corrected chi connectivity index (χ1v) is 7.97. The molecule has 0 atom stereocenters. The van der Waals surface area contributed by atoms with E-state index in [2.05, 4.69) is 17.3 Å². The number of fused-ring (bicyclic) bond motifs is 1. The number of carbonyl (C=O) groups excluding carboxylic acids is 1. The van der Waals surface area contributed by atoms with Gasteiger partial charge in [-0.05, 0) is 18.9 Å². The van der Waals surface area contributed by atoms with Crippen LogP contribution in [-0.4, -0.2) is 22.2 Å². The predicted octanol–water partition coefficient (Wildman–Crippen LogP) is 2.73. The summed E-state index contributed by atoms with van der Waals surface area (Å²) in [5.41, 5.74) is 0.207. The van der Waals surface area contributed by atoms with E-state index in [9.17, 15) is 9.59 Å². The van der Waals surface area contributed by atoms with Crippen LogP contribution in [0.2, 0.25) is 0 Å². The van der Waals surface area contributed by atoms with Gasteiger partial charge in [-0.15, -0.1) is 0 Å². The molecule has 1 amide bonds. The number of aromatic nitrogens is 2. The summed E-state index contributed by atoms with van der Waals surface area (Å²) in [5, 5.41) is 8.33. The third-order valence-corrected chi connectivity index (χ3v) is 3.59. The Bertz CT molecular complexity index is 707. The first kappa shape index (κ1) is 16.2. The number of nitrogens with zero attached hydrogens (tertiary/aromatic N) is 2. The number of rotatable bonds is 7. The van der Waals surface area contributed by atoms with E-state index < -0.39 is 0 Å². The molecule has 2 rings (SSSR count). The number of unbranched alkanes of at least 4 members (excludes halogenated alkanes) is 2. The number of hydrogen-bond donors (Lipinski definition) is 1. The molecular weight excluding hydrogens is 278 g/mol. The molecule has 2 aromatic rings. The van der Waals surface area contributed by atoms with Gasteiger partial charge < -0.3 is 5.32 Å². The summed E-state index contributed by atoms with van der Waals surface area (Å²) >= 11 is 0. The van der Waals surface area contributed by atoms with Gasteiger partial charge in [0.05, 0.1) is 5.39 Å². The molecule has 0 aliphatic heterocycles. The number of aryl methyl sites for hydroxylation is 1. The number of carbonyl (C=O) groups is 1. The zero-order valence-electron chi connectivity index (χ0n) is 13.3. The van der Waals surface area contributed by atoms with Crippen LogP contribution < -0.4 is 10.9 Å². The summed E-state index contributed by atoms with van der Waals surface area (Å²) in [6.45, 7) is 5.26. The molecule has 0 bridgehead atoms. The van der Waals surface area contributed by atoms with E-state index in [0.717, 1.165) is 25.7 Å². The van der Waals surface area contributed by atoms with Crippen molar-refractivity contribution in [3.05, 3.63) is 40.3 Å². The van der Waals surface area contributed by atoms with Crippen molar-refractivity contribution in [2.45, 2.75) is 46.1 Å². The van der Waals surface area contributed by atoms with Gasteiger partial charge in [0.1, 0.15) is 0 Å². The molecule has 0 radical (unpaired) electrons. The van der Waals surface area contributed by atoms with Crippen LogP contribution in [0.1, 0.15) is 50.0 Å². The molecule has 5 nitrogen and oxygen atoms in total. The summed E-state index contributed by atoms with van der Waals surface area (Å²) < 4.78 is 1.43. The van der Waals surface area contributed by atoms with Gasteiger partial charge in [-0.2, -0.15) is 5.10 Å². The number of hydrogen-bond acceptors (Lipinski definition) is 3. The molecule has 5 heteroatoms. The van der Waals surface area contributed by atoms with E-state index >= 15 is 0 Å². The number of nitrogens with one attached hydrogen (secondary N) is 1. The highest BCUT2D eigenvalue weighted by molar-refractivity contribution is 6.04. The van der Waals surface area contributed by atoms with Crippen molar-refractivity contribution in [3.63, 3.8) is 0 Å². The topological polar surface area (TPSA) is 64.0 Å². The molecule has 1 aromatic heterocycles. The van der Waals surface area contributed by atoms with Gasteiger partial charge in [-0.1, -0.05) is 44.9 Å². The van der Waals surface area contributed by atoms with Crippen molar-refractivity contribution in [3.8, 4) is 0 Å². The van der Waals surface area contributed by atoms with E-state index in [-0.39, 0.29) is 11.5 Å². The lowest BCUT2D eigenvalue weighted by atomic mass is 10.1. The molecule has 0 fully saturated rings. The van der Waals surface area contributed by atoms with E-state index in [0.29, 0.717) is 29.6 Å². The second-order valence-corrected chi connectivity index (χ2v) is 5.39. The monoisotopic (exact) mass is 301 g/mol. The van der Waals surface area contributed by atoms with Crippen LogP contribution in [0.15, 0.2) is 29.1 Å². The van der Waals surface area contributed by atoms with E-state index in [4.69, 9.17) is 0 Å². The average Bonchev–Trinajstić information content (AvgIpc) is 2.55. The normalized spacial score (nSPS) is 10.8. The Morgan fingerprint density at radius 1 is 1.14 bits per heavy atom. The molecule has 1 heterocycles. The smallest absolute Gasteiger partial charge is 0.274 e. The summed E-state index contributed by atoms with van der Waals surface area (Å²) in [6.07, 6.45) is 3.86. The minimum absolute atomic E-state index is 0.126. The van der Waals surface area contributed by atoms with Gasteiger partial charge in [0.15, 0.2) is 5.69 Å². The fraction of sp³-hybridized carbons (Fsp3) is 0.471. The van der Waals surface area contributed by atoms with Crippen LogP contribution in [0.5, 0.6) is 0 Å². The second-order valence-electron chi connectivity index (χ2n) is 5.39. The van der Waals surface area contributed by atoms with Gasteiger partial charge in [-0.25, -0.2) is 4.68 Å². The van der Waals surface area contributed by atoms with Crippen LogP contribution in [0.3, 0.4) is 0 Å². The lowest BCUT2D eigenvalue weighted by Crippen LogP contribution is -2.31. The molecule has 118 valence electrons. The van der Waals surface area contributed by atoms with Gasteiger partial charge in [-0.3, -0.25) is 9.59 Å². The Hall–Kier alpha value is -2.17. The highest BCUT2D eigenvalue weighted by atomic mass is 16.2. The maximum atomic E-state index is 12.5. The Balaban J connectivity index is 2.46. The molecule has 22 heavy (non-hydrogen) atoms. The van der Waals surface area contributed by atoms with Crippen molar-refractivity contribution in [2.75, 3.05) is 6.54 Å². The highest BCUT2D eigenvalue weighted by Gasteiger charge is 2.15. The van der Waals surface area contributed by atoms with Crippen molar-refractivity contribution >= 4 is 16.7 Å². The fourth-order valence-corrected chi connectivity index (χ4v) is 2.39. The van der Waals surface area contributed by atoms with Crippen LogP contribution in [0.4, 0.5) is 0 Å². The summed E-state index contributed by atoms with van der Waals surface area (Å²) in [6, 6.07) is 7.17. The molecule has 1 aromatic carbocycles. The highest BCUT2D eigenvalue weighted by Crippen LogP contribution is 2.13. The standard InChI is InChI=1S/C17H23N3O2/c1-3-5-8-12-20-17(22)14-10-7-6-9-13(14)15(19-20)16(21)18-11-4-2/h6-7,9-10H,3-5,8,11-12H2,1-2H3,(H,18,21).